The summed E-state index contributed by atoms with van der Waals surface area (Å²) in [4.78, 5) is 27.2. The Morgan fingerprint density at radius 3 is 2.61 bits per heavy atom. The zero-order valence-corrected chi connectivity index (χ0v) is 19.3. The summed E-state index contributed by atoms with van der Waals surface area (Å²) in [5.41, 5.74) is 3.30. The summed E-state index contributed by atoms with van der Waals surface area (Å²) in [7, 11) is 1.54. The van der Waals surface area contributed by atoms with Gasteiger partial charge in [-0.15, -0.1) is 0 Å². The summed E-state index contributed by atoms with van der Waals surface area (Å²) >= 11 is 6.38. The van der Waals surface area contributed by atoms with Crippen LogP contribution in [-0.2, 0) is 25.4 Å². The van der Waals surface area contributed by atoms with Crippen molar-refractivity contribution in [2.75, 3.05) is 33.5 Å². The summed E-state index contributed by atoms with van der Waals surface area (Å²) in [6.07, 6.45) is 2.24. The molecule has 8 nitrogen and oxygen atoms in total. The molecule has 33 heavy (non-hydrogen) atoms. The molecule has 0 fully saturated rings. The van der Waals surface area contributed by atoms with Crippen LogP contribution in [0.1, 0.15) is 29.5 Å². The second kappa shape index (κ2) is 11.8. The predicted molar refractivity (Wildman–Crippen MR) is 125 cm³/mol. The number of nitrogens with one attached hydrogen (secondary N) is 1. The van der Waals surface area contributed by atoms with Crippen molar-refractivity contribution in [1.82, 2.24) is 4.98 Å². The van der Waals surface area contributed by atoms with E-state index in [1.54, 1.807) is 20.2 Å². The Balaban J connectivity index is 2.07. The van der Waals surface area contributed by atoms with Gasteiger partial charge < -0.3 is 19.2 Å². The van der Waals surface area contributed by atoms with Crippen LogP contribution in [0, 0.1) is 10.1 Å². The van der Waals surface area contributed by atoms with E-state index in [1.165, 1.54) is 0 Å². The van der Waals surface area contributed by atoms with Crippen LogP contribution in [0.4, 0.5) is 0 Å². The maximum Gasteiger partial charge on any atom is 0.382 e. The third-order valence-electron chi connectivity index (χ3n) is 5.43. The first-order valence-electron chi connectivity index (χ1n) is 10.7. The van der Waals surface area contributed by atoms with E-state index in [4.69, 9.17) is 25.8 Å². The maximum atomic E-state index is 12.6. The van der Waals surface area contributed by atoms with Crippen LogP contribution in [0.5, 0.6) is 0 Å². The Kier molecular flexibility index (Phi) is 8.82. The molecule has 3 aromatic rings. The highest BCUT2D eigenvalue weighted by molar-refractivity contribution is 6.31. The SMILES string of the molecule is CCOC(=O)C(C(COCCOC)c1c[nH]c2cccc(Cc3ccccc3Cl)c12)[N+](=O)[O-]. The zero-order chi connectivity index (χ0) is 23.8. The molecule has 1 N–H and O–H groups in total. The Bertz CT molecular complexity index is 1100. The standard InChI is InChI=1S/C24H27ClN2O6/c1-3-33-24(28)23(27(29)30)19(15-32-12-11-31-2)18-14-26-21-10-6-8-17(22(18)21)13-16-7-4-5-9-20(16)25/h4-10,14,19,23,26H,3,11-13,15H2,1-2H3. The highest BCUT2D eigenvalue weighted by atomic mass is 35.5. The van der Waals surface area contributed by atoms with Crippen molar-refractivity contribution >= 4 is 28.5 Å². The van der Waals surface area contributed by atoms with E-state index in [0.29, 0.717) is 23.6 Å². The normalized spacial score (nSPS) is 13.1. The number of ether oxygens (including phenoxy) is 3. The molecule has 0 spiro atoms. The second-order valence-corrected chi connectivity index (χ2v) is 7.92. The Hall–Kier alpha value is -2.94. The third kappa shape index (κ3) is 5.90. The second-order valence-electron chi connectivity index (χ2n) is 7.51. The number of carbonyl (C=O) groups excluding carboxylic acids is 1. The number of rotatable bonds is 12. The van der Waals surface area contributed by atoms with Gasteiger partial charge in [-0.05, 0) is 42.2 Å². The van der Waals surface area contributed by atoms with Gasteiger partial charge in [0.25, 0.3) is 0 Å². The first-order valence-corrected chi connectivity index (χ1v) is 11.0. The van der Waals surface area contributed by atoms with E-state index < -0.39 is 22.9 Å². The van der Waals surface area contributed by atoms with E-state index in [-0.39, 0.29) is 19.8 Å². The molecule has 0 amide bonds. The van der Waals surface area contributed by atoms with Crippen LogP contribution < -0.4 is 0 Å². The molecule has 2 atom stereocenters. The summed E-state index contributed by atoms with van der Waals surface area (Å²) in [5.74, 6) is -1.75. The smallest absolute Gasteiger partial charge is 0.382 e. The third-order valence-corrected chi connectivity index (χ3v) is 5.80. The van der Waals surface area contributed by atoms with Crippen LogP contribution in [-0.4, -0.2) is 55.5 Å². The van der Waals surface area contributed by atoms with Crippen LogP contribution in [0.3, 0.4) is 0 Å². The molecule has 176 valence electrons. The predicted octanol–water partition coefficient (Wildman–Crippen LogP) is 4.37. The number of H-pyrrole nitrogens is 1. The van der Waals surface area contributed by atoms with Gasteiger partial charge in [-0.1, -0.05) is 41.9 Å². The van der Waals surface area contributed by atoms with Crippen LogP contribution in [0.25, 0.3) is 10.9 Å². The van der Waals surface area contributed by atoms with Gasteiger partial charge in [-0.3, -0.25) is 10.1 Å². The summed E-state index contributed by atoms with van der Waals surface area (Å²) < 4.78 is 15.7. The fourth-order valence-electron chi connectivity index (χ4n) is 3.90. The number of halogens is 1. The maximum absolute atomic E-state index is 12.6. The molecule has 2 unspecified atom stereocenters. The molecule has 2 aromatic carbocycles. The Morgan fingerprint density at radius 1 is 1.15 bits per heavy atom. The van der Waals surface area contributed by atoms with Gasteiger partial charge in [0.05, 0.1) is 32.3 Å². The van der Waals surface area contributed by atoms with Gasteiger partial charge in [0.1, 0.15) is 0 Å². The summed E-state index contributed by atoms with van der Waals surface area (Å²) in [6, 6.07) is 11.7. The van der Waals surface area contributed by atoms with E-state index >= 15 is 0 Å². The number of hydrogen-bond donors (Lipinski definition) is 1. The molecule has 3 rings (SSSR count). The topological polar surface area (TPSA) is 104 Å². The van der Waals surface area contributed by atoms with Gasteiger partial charge >= 0.3 is 12.0 Å². The number of carbonyl (C=O) groups is 1. The number of benzene rings is 2. The Morgan fingerprint density at radius 2 is 1.91 bits per heavy atom. The van der Waals surface area contributed by atoms with Gasteiger partial charge in [0, 0.05) is 34.2 Å². The molecule has 0 aliphatic heterocycles. The van der Waals surface area contributed by atoms with Crippen molar-refractivity contribution in [3.8, 4) is 0 Å². The van der Waals surface area contributed by atoms with E-state index in [2.05, 4.69) is 4.98 Å². The van der Waals surface area contributed by atoms with Crippen molar-refractivity contribution in [2.45, 2.75) is 25.3 Å². The molecule has 0 aliphatic carbocycles. The number of fused-ring (bicyclic) bond motifs is 1. The van der Waals surface area contributed by atoms with Gasteiger partial charge in [0.2, 0.25) is 0 Å². The van der Waals surface area contributed by atoms with Crippen molar-refractivity contribution < 1.29 is 23.9 Å². The lowest BCUT2D eigenvalue weighted by atomic mass is 9.89. The number of esters is 1. The molecular weight excluding hydrogens is 448 g/mol. The molecule has 0 saturated heterocycles. The van der Waals surface area contributed by atoms with Gasteiger partial charge in [0.15, 0.2) is 0 Å². The fraction of sp³-hybridized carbons (Fsp3) is 0.375. The number of nitrogens with zero attached hydrogens (tertiary/aromatic N) is 1. The zero-order valence-electron chi connectivity index (χ0n) is 18.6. The quantitative estimate of drug-likeness (QED) is 0.181. The minimum atomic E-state index is -1.61. The number of methoxy groups -OCH3 is 1. The molecule has 1 heterocycles. The highest BCUT2D eigenvalue weighted by Gasteiger charge is 2.42. The van der Waals surface area contributed by atoms with Crippen LogP contribution >= 0.6 is 11.6 Å². The lowest BCUT2D eigenvalue weighted by molar-refractivity contribution is -0.515. The number of aromatic nitrogens is 1. The fourth-order valence-corrected chi connectivity index (χ4v) is 4.11. The molecule has 1 aromatic heterocycles. The molecule has 9 heteroatoms. The average molecular weight is 475 g/mol. The van der Waals surface area contributed by atoms with E-state index in [1.807, 2.05) is 42.5 Å². The van der Waals surface area contributed by atoms with Gasteiger partial charge in [-0.25, -0.2) is 4.79 Å². The van der Waals surface area contributed by atoms with Gasteiger partial charge in [-0.2, -0.15) is 0 Å². The van der Waals surface area contributed by atoms with E-state index in [9.17, 15) is 14.9 Å². The largest absolute Gasteiger partial charge is 0.461 e. The number of nitro groups is 1. The first-order chi connectivity index (χ1) is 16.0. The number of hydrogen-bond acceptors (Lipinski definition) is 6. The average Bonchev–Trinajstić information content (AvgIpc) is 3.22. The minimum Gasteiger partial charge on any atom is -0.461 e. The van der Waals surface area contributed by atoms with Crippen molar-refractivity contribution in [3.05, 3.63) is 80.5 Å². The molecule has 0 aliphatic rings. The monoisotopic (exact) mass is 474 g/mol. The molecule has 0 saturated carbocycles. The molecule has 0 radical (unpaired) electrons. The van der Waals surface area contributed by atoms with Crippen molar-refractivity contribution in [2.24, 2.45) is 0 Å². The lowest BCUT2D eigenvalue weighted by Crippen LogP contribution is -2.39. The molecule has 0 bridgehead atoms. The van der Waals surface area contributed by atoms with Crippen LogP contribution in [0.2, 0.25) is 5.02 Å². The summed E-state index contributed by atoms with van der Waals surface area (Å²) in [6.45, 7) is 2.20. The first kappa shape index (κ1) is 24.7. The van der Waals surface area contributed by atoms with E-state index in [0.717, 1.165) is 22.0 Å². The van der Waals surface area contributed by atoms with Crippen LogP contribution in [0.15, 0.2) is 48.7 Å². The Labute approximate surface area is 196 Å². The number of aromatic amines is 1. The highest BCUT2D eigenvalue weighted by Crippen LogP contribution is 2.34. The van der Waals surface area contributed by atoms with Crippen molar-refractivity contribution in [3.63, 3.8) is 0 Å². The lowest BCUT2D eigenvalue weighted by Gasteiger charge is -2.20. The van der Waals surface area contributed by atoms with Crippen molar-refractivity contribution in [1.29, 1.82) is 0 Å². The minimum absolute atomic E-state index is 0.0405. The summed E-state index contributed by atoms with van der Waals surface area (Å²) in [5, 5.41) is 13.4. The molecular formula is C24H27ClN2O6.